The van der Waals surface area contributed by atoms with E-state index in [0.717, 1.165) is 11.5 Å². The molecule has 164 valence electrons. The van der Waals surface area contributed by atoms with Crippen LogP contribution in [0.3, 0.4) is 0 Å². The average molecular weight is 469 g/mol. The largest absolute Gasteiger partial charge is 0.493 e. The van der Waals surface area contributed by atoms with Gasteiger partial charge in [-0.1, -0.05) is 36.0 Å². The lowest BCUT2D eigenvalue weighted by Crippen LogP contribution is -2.13. The summed E-state index contributed by atoms with van der Waals surface area (Å²) >= 11 is 2.44. The molecule has 3 aromatic rings. The van der Waals surface area contributed by atoms with Crippen LogP contribution in [0.15, 0.2) is 59.3 Å². The highest BCUT2D eigenvalue weighted by atomic mass is 32.2. The van der Waals surface area contributed by atoms with Crippen LogP contribution < -0.4 is 19.5 Å². The van der Waals surface area contributed by atoms with Gasteiger partial charge in [0.05, 0.1) is 7.11 Å². The third-order valence-corrected chi connectivity index (χ3v) is 5.34. The number of hydrogen-bond acceptors (Lipinski definition) is 9. The Kier molecular flexibility index (Phi) is 8.48. The van der Waals surface area contributed by atoms with Gasteiger partial charge in [0, 0.05) is 11.5 Å². The number of ether oxygens (including phenoxy) is 3. The predicted octanol–water partition coefficient (Wildman–Crippen LogP) is 4.27. The number of para-hydroxylation sites is 2. The van der Waals surface area contributed by atoms with Gasteiger partial charge < -0.3 is 14.2 Å². The second-order valence-corrected chi connectivity index (χ2v) is 7.65. The van der Waals surface area contributed by atoms with Crippen LogP contribution in [0.1, 0.15) is 5.56 Å². The van der Waals surface area contributed by atoms with E-state index in [-0.39, 0.29) is 5.57 Å². The minimum atomic E-state index is -0.537. The Morgan fingerprint density at radius 2 is 1.88 bits per heavy atom. The number of carbonyl (C=O) groups excluding carboxylic acids is 1. The van der Waals surface area contributed by atoms with Crippen LogP contribution in [-0.4, -0.2) is 41.8 Å². The fourth-order valence-electron chi connectivity index (χ4n) is 2.53. The standard InChI is InChI=1S/C22H20N4O4S2/c1-28-18-5-3-4-6-19(18)30-12-11-29-17-9-7-15(8-10-17)13-16(14-23)20(27)24-21-25-22(31-2)26-32-21/h3-10,13H,11-12H2,1-2H3,(H,24,25,26,27). The van der Waals surface area contributed by atoms with Gasteiger partial charge in [0.2, 0.25) is 10.3 Å². The molecular formula is C22H20N4O4S2. The minimum Gasteiger partial charge on any atom is -0.493 e. The summed E-state index contributed by atoms with van der Waals surface area (Å²) in [7, 11) is 1.59. The summed E-state index contributed by atoms with van der Waals surface area (Å²) in [6.45, 7) is 0.698. The zero-order valence-corrected chi connectivity index (χ0v) is 19.0. The first kappa shape index (κ1) is 23.1. The molecule has 10 heteroatoms. The molecular weight excluding hydrogens is 448 g/mol. The third-order valence-electron chi connectivity index (χ3n) is 4.05. The highest BCUT2D eigenvalue weighted by Crippen LogP contribution is 2.25. The van der Waals surface area contributed by atoms with Gasteiger partial charge in [0.25, 0.3) is 5.91 Å². The van der Waals surface area contributed by atoms with Crippen molar-refractivity contribution in [1.29, 1.82) is 5.26 Å². The fourth-order valence-corrected chi connectivity index (χ4v) is 3.65. The van der Waals surface area contributed by atoms with Crippen LogP contribution in [0.4, 0.5) is 5.13 Å². The third kappa shape index (κ3) is 6.47. The number of aromatic nitrogens is 2. The maximum atomic E-state index is 12.3. The normalized spacial score (nSPS) is 10.8. The number of anilines is 1. The van der Waals surface area contributed by atoms with Crippen LogP contribution in [0.25, 0.3) is 6.08 Å². The number of benzene rings is 2. The average Bonchev–Trinajstić information content (AvgIpc) is 3.28. The molecule has 1 N–H and O–H groups in total. The zero-order chi connectivity index (χ0) is 22.8. The number of hydrogen-bond donors (Lipinski definition) is 1. The van der Waals surface area contributed by atoms with Crippen molar-refractivity contribution in [3.8, 4) is 23.3 Å². The van der Waals surface area contributed by atoms with Crippen molar-refractivity contribution in [3.05, 3.63) is 59.7 Å². The molecule has 32 heavy (non-hydrogen) atoms. The topological polar surface area (TPSA) is 106 Å². The minimum absolute atomic E-state index is 0.0372. The van der Waals surface area contributed by atoms with E-state index in [9.17, 15) is 10.1 Å². The van der Waals surface area contributed by atoms with Gasteiger partial charge in [-0.05, 0) is 42.2 Å². The molecule has 0 unspecified atom stereocenters. The van der Waals surface area contributed by atoms with E-state index >= 15 is 0 Å². The van der Waals surface area contributed by atoms with Crippen molar-refractivity contribution in [2.75, 3.05) is 31.9 Å². The van der Waals surface area contributed by atoms with Gasteiger partial charge in [-0.15, -0.1) is 0 Å². The highest BCUT2D eigenvalue weighted by molar-refractivity contribution is 7.98. The number of carbonyl (C=O) groups is 1. The molecule has 8 nitrogen and oxygen atoms in total. The Bertz CT molecular complexity index is 1120. The monoisotopic (exact) mass is 468 g/mol. The summed E-state index contributed by atoms with van der Waals surface area (Å²) in [5, 5.41) is 12.9. The second kappa shape index (κ2) is 11.7. The molecule has 0 radical (unpaired) electrons. The van der Waals surface area contributed by atoms with Gasteiger partial charge in [0.1, 0.15) is 30.6 Å². The van der Waals surface area contributed by atoms with E-state index in [4.69, 9.17) is 14.2 Å². The number of nitrogens with one attached hydrogen (secondary N) is 1. The lowest BCUT2D eigenvalue weighted by atomic mass is 10.1. The fraction of sp³-hybridized carbons (Fsp3) is 0.182. The van der Waals surface area contributed by atoms with Crippen molar-refractivity contribution in [3.63, 3.8) is 0 Å². The SMILES string of the molecule is COc1ccccc1OCCOc1ccc(C=C(C#N)C(=O)Nc2nc(SC)ns2)cc1. The van der Waals surface area contributed by atoms with Gasteiger partial charge >= 0.3 is 0 Å². The number of nitriles is 1. The van der Waals surface area contributed by atoms with Gasteiger partial charge in [-0.3, -0.25) is 10.1 Å². The Morgan fingerprint density at radius 3 is 2.53 bits per heavy atom. The molecule has 0 saturated carbocycles. The number of nitrogens with zero attached hydrogens (tertiary/aromatic N) is 3. The molecule has 0 spiro atoms. The van der Waals surface area contributed by atoms with Crippen LogP contribution in [0, 0.1) is 11.3 Å². The van der Waals surface area contributed by atoms with Crippen LogP contribution in [-0.2, 0) is 4.79 Å². The van der Waals surface area contributed by atoms with E-state index in [1.807, 2.05) is 36.6 Å². The van der Waals surface area contributed by atoms with Crippen molar-refractivity contribution < 1.29 is 19.0 Å². The van der Waals surface area contributed by atoms with E-state index in [1.54, 1.807) is 31.4 Å². The molecule has 0 fully saturated rings. The van der Waals surface area contributed by atoms with Crippen molar-refractivity contribution >= 4 is 40.4 Å². The summed E-state index contributed by atoms with van der Waals surface area (Å²) in [5.41, 5.74) is 0.654. The summed E-state index contributed by atoms with van der Waals surface area (Å²) in [4.78, 5) is 16.5. The summed E-state index contributed by atoms with van der Waals surface area (Å²) in [6.07, 6.45) is 3.34. The lowest BCUT2D eigenvalue weighted by Gasteiger charge is -2.11. The summed E-state index contributed by atoms with van der Waals surface area (Å²) < 4.78 is 20.7. The molecule has 1 amide bonds. The molecule has 0 aliphatic carbocycles. The smallest absolute Gasteiger partial charge is 0.268 e. The van der Waals surface area contributed by atoms with Crippen molar-refractivity contribution in [1.82, 2.24) is 9.36 Å². The Balaban J connectivity index is 1.52. The van der Waals surface area contributed by atoms with E-state index in [0.29, 0.717) is 46.3 Å². The van der Waals surface area contributed by atoms with E-state index in [2.05, 4.69) is 14.7 Å². The summed E-state index contributed by atoms with van der Waals surface area (Å²) in [5.74, 6) is 1.42. The predicted molar refractivity (Wildman–Crippen MR) is 124 cm³/mol. The quantitative estimate of drug-likeness (QED) is 0.203. The summed E-state index contributed by atoms with van der Waals surface area (Å²) in [6, 6.07) is 16.4. The van der Waals surface area contributed by atoms with Crippen LogP contribution >= 0.6 is 23.3 Å². The van der Waals surface area contributed by atoms with E-state index < -0.39 is 5.91 Å². The van der Waals surface area contributed by atoms with Crippen LogP contribution in [0.2, 0.25) is 0 Å². The number of thioether (sulfide) groups is 1. The van der Waals surface area contributed by atoms with Gasteiger partial charge in [-0.2, -0.15) is 14.6 Å². The van der Waals surface area contributed by atoms with E-state index in [1.165, 1.54) is 17.8 Å². The molecule has 0 aliphatic heterocycles. The first-order valence-corrected chi connectivity index (χ1v) is 11.4. The molecule has 0 atom stereocenters. The first-order chi connectivity index (χ1) is 15.6. The van der Waals surface area contributed by atoms with Crippen molar-refractivity contribution in [2.45, 2.75) is 5.16 Å². The number of amides is 1. The molecule has 3 rings (SSSR count). The van der Waals surface area contributed by atoms with Gasteiger partial charge in [-0.25, -0.2) is 0 Å². The Morgan fingerprint density at radius 1 is 1.16 bits per heavy atom. The molecule has 1 aromatic heterocycles. The first-order valence-electron chi connectivity index (χ1n) is 9.42. The maximum absolute atomic E-state index is 12.3. The second-order valence-electron chi connectivity index (χ2n) is 6.13. The number of methoxy groups -OCH3 is 1. The molecule has 0 bridgehead atoms. The highest BCUT2D eigenvalue weighted by Gasteiger charge is 2.12. The number of rotatable bonds is 10. The Hall–Kier alpha value is -3.55. The Labute approximate surface area is 194 Å². The lowest BCUT2D eigenvalue weighted by molar-refractivity contribution is -0.112. The zero-order valence-electron chi connectivity index (χ0n) is 17.4. The molecule has 0 saturated heterocycles. The molecule has 0 aliphatic rings. The molecule has 2 aromatic carbocycles. The van der Waals surface area contributed by atoms with Crippen LogP contribution in [0.5, 0.6) is 17.2 Å². The molecule has 1 heterocycles. The maximum Gasteiger partial charge on any atom is 0.268 e. The van der Waals surface area contributed by atoms with Crippen molar-refractivity contribution in [2.24, 2.45) is 0 Å². The van der Waals surface area contributed by atoms with Gasteiger partial charge in [0.15, 0.2) is 11.5 Å².